The zero-order valence-electron chi connectivity index (χ0n) is 12.2. The average molecular weight is 259 g/mol. The number of hydrogen-bond donors (Lipinski definition) is 1. The van der Waals surface area contributed by atoms with Crippen LogP contribution in [-0.2, 0) is 12.0 Å². The van der Waals surface area contributed by atoms with Gasteiger partial charge in [-0.1, -0.05) is 31.4 Å². The third-order valence-corrected chi connectivity index (χ3v) is 4.74. The summed E-state index contributed by atoms with van der Waals surface area (Å²) in [6.07, 6.45) is 8.00. The second-order valence-corrected chi connectivity index (χ2v) is 6.64. The smallest absolute Gasteiger partial charge is 0.0841 e. The van der Waals surface area contributed by atoms with Gasteiger partial charge in [0.15, 0.2) is 0 Å². The largest absolute Gasteiger partial charge is 0.386 e. The summed E-state index contributed by atoms with van der Waals surface area (Å²) in [6, 6.07) is 7.25. The van der Waals surface area contributed by atoms with Gasteiger partial charge in [0.2, 0.25) is 0 Å². The molecule has 1 saturated carbocycles. The summed E-state index contributed by atoms with van der Waals surface area (Å²) in [7, 11) is 0. The SMILES string of the molecule is CC(C)(O)c1ccc2c(c1)N(C1CCCCC1)CC2. The number of anilines is 1. The van der Waals surface area contributed by atoms with E-state index in [1.54, 1.807) is 0 Å². The van der Waals surface area contributed by atoms with E-state index in [4.69, 9.17) is 0 Å². The average Bonchev–Trinajstić information content (AvgIpc) is 2.81. The molecular formula is C17H25NO. The van der Waals surface area contributed by atoms with E-state index in [-0.39, 0.29) is 0 Å². The van der Waals surface area contributed by atoms with E-state index in [0.29, 0.717) is 0 Å². The highest BCUT2D eigenvalue weighted by molar-refractivity contribution is 5.61. The van der Waals surface area contributed by atoms with Crippen LogP contribution in [0.1, 0.15) is 57.1 Å². The minimum Gasteiger partial charge on any atom is -0.386 e. The van der Waals surface area contributed by atoms with Crippen molar-refractivity contribution in [3.63, 3.8) is 0 Å². The Hall–Kier alpha value is -1.02. The number of rotatable bonds is 2. The molecule has 1 aliphatic carbocycles. The molecule has 0 atom stereocenters. The van der Waals surface area contributed by atoms with Gasteiger partial charge >= 0.3 is 0 Å². The number of fused-ring (bicyclic) bond motifs is 1. The lowest BCUT2D eigenvalue weighted by atomic mass is 9.93. The van der Waals surface area contributed by atoms with Gasteiger partial charge in [0.25, 0.3) is 0 Å². The van der Waals surface area contributed by atoms with Crippen LogP contribution < -0.4 is 4.90 Å². The maximum absolute atomic E-state index is 10.2. The number of aliphatic hydroxyl groups is 1. The van der Waals surface area contributed by atoms with Gasteiger partial charge in [0.05, 0.1) is 5.60 Å². The molecule has 1 heterocycles. The Labute approximate surface area is 116 Å². The number of benzene rings is 1. The van der Waals surface area contributed by atoms with Gasteiger partial charge in [0, 0.05) is 18.3 Å². The zero-order chi connectivity index (χ0) is 13.5. The van der Waals surface area contributed by atoms with E-state index < -0.39 is 5.60 Å². The highest BCUT2D eigenvalue weighted by Gasteiger charge is 2.28. The van der Waals surface area contributed by atoms with Crippen molar-refractivity contribution in [3.05, 3.63) is 29.3 Å². The van der Waals surface area contributed by atoms with Gasteiger partial charge in [-0.3, -0.25) is 0 Å². The van der Waals surface area contributed by atoms with Crippen LogP contribution in [0.3, 0.4) is 0 Å². The molecule has 0 amide bonds. The molecule has 3 rings (SSSR count). The third-order valence-electron chi connectivity index (χ3n) is 4.74. The molecule has 2 heteroatoms. The van der Waals surface area contributed by atoms with E-state index in [0.717, 1.165) is 24.6 Å². The third kappa shape index (κ3) is 2.51. The summed E-state index contributed by atoms with van der Waals surface area (Å²) < 4.78 is 0. The Bertz CT molecular complexity index is 455. The van der Waals surface area contributed by atoms with Crippen LogP contribution in [0.25, 0.3) is 0 Å². The summed E-state index contributed by atoms with van der Waals surface area (Å²) in [6.45, 7) is 4.90. The Morgan fingerprint density at radius 1 is 1.16 bits per heavy atom. The highest BCUT2D eigenvalue weighted by Crippen LogP contribution is 2.36. The molecule has 1 N–H and O–H groups in total. The van der Waals surface area contributed by atoms with Crippen LogP contribution in [0.2, 0.25) is 0 Å². The first-order valence-electron chi connectivity index (χ1n) is 7.68. The maximum atomic E-state index is 10.2. The summed E-state index contributed by atoms with van der Waals surface area (Å²) in [5.41, 5.74) is 3.13. The zero-order valence-corrected chi connectivity index (χ0v) is 12.2. The quantitative estimate of drug-likeness (QED) is 0.877. The van der Waals surface area contributed by atoms with Crippen molar-refractivity contribution in [3.8, 4) is 0 Å². The van der Waals surface area contributed by atoms with Crippen LogP contribution >= 0.6 is 0 Å². The van der Waals surface area contributed by atoms with Gasteiger partial charge in [-0.15, -0.1) is 0 Å². The predicted octanol–water partition coefficient (Wildman–Crippen LogP) is 3.61. The van der Waals surface area contributed by atoms with Crippen molar-refractivity contribution >= 4 is 5.69 Å². The Morgan fingerprint density at radius 2 is 1.89 bits per heavy atom. The van der Waals surface area contributed by atoms with Gasteiger partial charge in [-0.2, -0.15) is 0 Å². The first kappa shape index (κ1) is 13.0. The predicted molar refractivity (Wildman–Crippen MR) is 79.6 cm³/mol. The van der Waals surface area contributed by atoms with E-state index in [2.05, 4.69) is 23.1 Å². The molecule has 0 spiro atoms. The summed E-state index contributed by atoms with van der Waals surface area (Å²) >= 11 is 0. The number of hydrogen-bond acceptors (Lipinski definition) is 2. The van der Waals surface area contributed by atoms with E-state index >= 15 is 0 Å². The molecule has 0 bridgehead atoms. The van der Waals surface area contributed by atoms with Crippen molar-refractivity contribution < 1.29 is 5.11 Å². The van der Waals surface area contributed by atoms with Crippen molar-refractivity contribution in [1.29, 1.82) is 0 Å². The van der Waals surface area contributed by atoms with Crippen LogP contribution in [0.15, 0.2) is 18.2 Å². The van der Waals surface area contributed by atoms with Gasteiger partial charge in [-0.05, 0) is 50.3 Å². The lowest BCUT2D eigenvalue weighted by Crippen LogP contribution is -2.35. The lowest BCUT2D eigenvalue weighted by Gasteiger charge is -2.34. The molecule has 1 fully saturated rings. The Morgan fingerprint density at radius 3 is 2.58 bits per heavy atom. The topological polar surface area (TPSA) is 23.5 Å². The molecule has 1 aliphatic heterocycles. The van der Waals surface area contributed by atoms with Gasteiger partial charge in [0.1, 0.15) is 0 Å². The molecule has 1 aromatic rings. The van der Waals surface area contributed by atoms with Crippen LogP contribution in [0.5, 0.6) is 0 Å². The molecule has 2 aliphatic rings. The minimum atomic E-state index is -0.740. The standard InChI is InChI=1S/C17H25NO/c1-17(2,19)14-9-8-13-10-11-18(16(13)12-14)15-6-4-3-5-7-15/h8-9,12,15,19H,3-7,10-11H2,1-2H3. The van der Waals surface area contributed by atoms with Crippen LogP contribution in [0.4, 0.5) is 5.69 Å². The molecule has 2 nitrogen and oxygen atoms in total. The van der Waals surface area contributed by atoms with Crippen molar-refractivity contribution in [2.45, 2.75) is 64.0 Å². The summed E-state index contributed by atoms with van der Waals surface area (Å²) in [5.74, 6) is 0. The van der Waals surface area contributed by atoms with E-state index in [1.807, 2.05) is 13.8 Å². The molecule has 0 saturated heterocycles. The molecule has 1 aromatic carbocycles. The first-order chi connectivity index (χ1) is 9.05. The molecule has 104 valence electrons. The van der Waals surface area contributed by atoms with Crippen molar-refractivity contribution in [1.82, 2.24) is 0 Å². The Balaban J connectivity index is 1.89. The number of nitrogens with zero attached hydrogens (tertiary/aromatic N) is 1. The minimum absolute atomic E-state index is 0.729. The second-order valence-electron chi connectivity index (χ2n) is 6.64. The molecule has 0 radical (unpaired) electrons. The first-order valence-corrected chi connectivity index (χ1v) is 7.68. The molecule has 0 unspecified atom stereocenters. The second kappa shape index (κ2) is 4.82. The van der Waals surface area contributed by atoms with Crippen LogP contribution in [-0.4, -0.2) is 17.7 Å². The molecule has 19 heavy (non-hydrogen) atoms. The summed E-state index contributed by atoms with van der Waals surface area (Å²) in [5, 5.41) is 10.2. The summed E-state index contributed by atoms with van der Waals surface area (Å²) in [4.78, 5) is 2.60. The fourth-order valence-corrected chi connectivity index (χ4v) is 3.56. The molecule has 0 aromatic heterocycles. The molecular weight excluding hydrogens is 234 g/mol. The van der Waals surface area contributed by atoms with Gasteiger partial charge < -0.3 is 10.0 Å². The normalized spacial score (nSPS) is 20.7. The van der Waals surface area contributed by atoms with E-state index in [1.165, 1.54) is 43.4 Å². The van der Waals surface area contributed by atoms with Crippen molar-refractivity contribution in [2.24, 2.45) is 0 Å². The maximum Gasteiger partial charge on any atom is 0.0841 e. The van der Waals surface area contributed by atoms with E-state index in [9.17, 15) is 5.11 Å². The monoisotopic (exact) mass is 259 g/mol. The Kier molecular flexibility index (Phi) is 3.30. The fraction of sp³-hybridized carbons (Fsp3) is 0.647. The lowest BCUT2D eigenvalue weighted by molar-refractivity contribution is 0.0786. The highest BCUT2D eigenvalue weighted by atomic mass is 16.3. The van der Waals surface area contributed by atoms with Crippen LogP contribution in [0, 0.1) is 0 Å². The van der Waals surface area contributed by atoms with Crippen molar-refractivity contribution in [2.75, 3.05) is 11.4 Å². The van der Waals surface area contributed by atoms with Gasteiger partial charge in [-0.25, -0.2) is 0 Å². The fourth-order valence-electron chi connectivity index (χ4n) is 3.56.